The second-order valence-corrected chi connectivity index (χ2v) is 8.22. The minimum atomic E-state index is 0.353. The fourth-order valence-corrected chi connectivity index (χ4v) is 5.22. The molecule has 6 heteroatoms. The van der Waals surface area contributed by atoms with Gasteiger partial charge in [-0.3, -0.25) is 10.9 Å². The zero-order valence-electron chi connectivity index (χ0n) is 15.9. The molecule has 2 aromatic rings. The van der Waals surface area contributed by atoms with Crippen LogP contribution in [0.15, 0.2) is 47.4 Å². The number of benzene rings is 2. The van der Waals surface area contributed by atoms with Gasteiger partial charge in [0, 0.05) is 41.4 Å². The summed E-state index contributed by atoms with van der Waals surface area (Å²) in [6.45, 7) is 3.06. The summed E-state index contributed by atoms with van der Waals surface area (Å²) in [4.78, 5) is 3.79. The summed E-state index contributed by atoms with van der Waals surface area (Å²) in [5.41, 5.74) is 9.21. The van der Waals surface area contributed by atoms with Crippen molar-refractivity contribution in [1.29, 1.82) is 0 Å². The van der Waals surface area contributed by atoms with Crippen LogP contribution in [-0.4, -0.2) is 39.9 Å². The Morgan fingerprint density at radius 3 is 2.78 bits per heavy atom. The summed E-state index contributed by atoms with van der Waals surface area (Å²) in [5.74, 6) is 1.87. The molecule has 2 heterocycles. The van der Waals surface area contributed by atoms with Crippen molar-refractivity contribution in [2.45, 2.75) is 29.0 Å². The van der Waals surface area contributed by atoms with Crippen molar-refractivity contribution in [3.63, 3.8) is 0 Å². The van der Waals surface area contributed by atoms with Gasteiger partial charge >= 0.3 is 0 Å². The number of hydrogen-bond acceptors (Lipinski definition) is 6. The lowest BCUT2D eigenvalue weighted by Crippen LogP contribution is -2.40. The predicted molar refractivity (Wildman–Crippen MR) is 111 cm³/mol. The number of thioether (sulfide) groups is 1. The molecule has 2 aliphatic heterocycles. The highest BCUT2D eigenvalue weighted by Crippen LogP contribution is 2.48. The zero-order valence-corrected chi connectivity index (χ0v) is 16.7. The summed E-state index contributed by atoms with van der Waals surface area (Å²) in [6.07, 6.45) is 2.23. The Morgan fingerprint density at radius 2 is 2.00 bits per heavy atom. The second kappa shape index (κ2) is 8.42. The van der Waals surface area contributed by atoms with Crippen LogP contribution in [0.25, 0.3) is 0 Å². The third kappa shape index (κ3) is 4.03. The van der Waals surface area contributed by atoms with Gasteiger partial charge in [0.05, 0.1) is 19.9 Å². The Morgan fingerprint density at radius 1 is 1.11 bits per heavy atom. The van der Waals surface area contributed by atoms with E-state index in [-0.39, 0.29) is 0 Å². The van der Waals surface area contributed by atoms with Crippen LogP contribution in [-0.2, 0) is 0 Å². The van der Waals surface area contributed by atoms with Gasteiger partial charge in [0.2, 0.25) is 0 Å². The maximum Gasteiger partial charge on any atom is 0.123 e. The monoisotopic (exact) mass is 385 g/mol. The molecular formula is C21H27N3O2S. The van der Waals surface area contributed by atoms with E-state index < -0.39 is 0 Å². The number of fused-ring (bicyclic) bond motifs is 1. The molecule has 5 nitrogen and oxygen atoms in total. The van der Waals surface area contributed by atoms with Crippen LogP contribution >= 0.6 is 11.8 Å². The molecular weight excluding hydrogens is 358 g/mol. The number of para-hydroxylation sites is 1. The molecule has 2 aromatic carbocycles. The van der Waals surface area contributed by atoms with Crippen LogP contribution in [0.2, 0.25) is 0 Å². The van der Waals surface area contributed by atoms with Crippen molar-refractivity contribution < 1.29 is 9.47 Å². The third-order valence-electron chi connectivity index (χ3n) is 5.29. The van der Waals surface area contributed by atoms with Gasteiger partial charge in [-0.1, -0.05) is 18.2 Å². The van der Waals surface area contributed by atoms with Crippen LogP contribution in [0.3, 0.4) is 0 Å². The van der Waals surface area contributed by atoms with Crippen LogP contribution in [0.1, 0.15) is 23.7 Å². The molecule has 2 N–H and O–H groups in total. The molecule has 2 aliphatic rings. The number of anilines is 1. The summed E-state index contributed by atoms with van der Waals surface area (Å²) < 4.78 is 11.1. The maximum atomic E-state index is 5.64. The molecule has 4 rings (SSSR count). The molecule has 1 saturated heterocycles. The molecule has 0 aliphatic carbocycles. The fraction of sp³-hybridized carbons (Fsp3) is 0.429. The molecule has 0 saturated carbocycles. The average Bonchev–Trinajstić information content (AvgIpc) is 3.16. The lowest BCUT2D eigenvalue weighted by atomic mass is 10.1. The van der Waals surface area contributed by atoms with Crippen molar-refractivity contribution in [1.82, 2.24) is 10.9 Å². The molecule has 2 atom stereocenters. The predicted octanol–water partition coefficient (Wildman–Crippen LogP) is 3.61. The molecule has 1 fully saturated rings. The molecule has 0 amide bonds. The normalized spacial score (nSPS) is 22.2. The van der Waals surface area contributed by atoms with E-state index in [1.54, 1.807) is 14.2 Å². The quantitative estimate of drug-likeness (QED) is 0.820. The van der Waals surface area contributed by atoms with Gasteiger partial charge in [-0.25, -0.2) is 0 Å². The molecule has 0 bridgehead atoms. The molecule has 0 aromatic heterocycles. The summed E-state index contributed by atoms with van der Waals surface area (Å²) >= 11 is 1.91. The largest absolute Gasteiger partial charge is 0.497 e. The van der Waals surface area contributed by atoms with E-state index in [2.05, 4.69) is 52.1 Å². The van der Waals surface area contributed by atoms with E-state index in [0.717, 1.165) is 44.0 Å². The first-order valence-electron chi connectivity index (χ1n) is 9.49. The lowest BCUT2D eigenvalue weighted by molar-refractivity contribution is 0.408. The standard InChI is InChI=1S/C21H27N3O2S/c1-25-16-7-8-18-21(13-16)27-20(17-5-3-4-6-19(17)26-2)10-12-24(18)14-15-9-11-22-23-15/h3-8,13,15,20,22-23H,9-12,14H2,1-2H3. The number of hydrazine groups is 1. The van der Waals surface area contributed by atoms with E-state index in [1.165, 1.54) is 16.1 Å². The van der Waals surface area contributed by atoms with Crippen LogP contribution in [0.5, 0.6) is 11.5 Å². The number of rotatable bonds is 5. The number of hydrogen-bond donors (Lipinski definition) is 2. The van der Waals surface area contributed by atoms with E-state index in [0.29, 0.717) is 11.3 Å². The lowest BCUT2D eigenvalue weighted by Gasteiger charge is -2.27. The van der Waals surface area contributed by atoms with Crippen LogP contribution in [0.4, 0.5) is 5.69 Å². The van der Waals surface area contributed by atoms with E-state index in [9.17, 15) is 0 Å². The molecule has 2 unspecified atom stereocenters. The summed E-state index contributed by atoms with van der Waals surface area (Å²) in [7, 11) is 3.48. The van der Waals surface area contributed by atoms with Crippen molar-refractivity contribution in [2.75, 3.05) is 38.8 Å². The summed E-state index contributed by atoms with van der Waals surface area (Å²) in [5, 5.41) is 0.353. The fourth-order valence-electron chi connectivity index (χ4n) is 3.86. The average molecular weight is 386 g/mol. The Balaban J connectivity index is 1.66. The smallest absolute Gasteiger partial charge is 0.123 e. The number of ether oxygens (including phenoxy) is 2. The van der Waals surface area contributed by atoms with Crippen molar-refractivity contribution in [3.05, 3.63) is 48.0 Å². The maximum absolute atomic E-state index is 5.64. The van der Waals surface area contributed by atoms with E-state index in [1.807, 2.05) is 17.8 Å². The van der Waals surface area contributed by atoms with Crippen LogP contribution < -0.4 is 25.2 Å². The number of methoxy groups -OCH3 is 2. The summed E-state index contributed by atoms with van der Waals surface area (Å²) in [6, 6.07) is 15.3. The first kappa shape index (κ1) is 18.5. The minimum absolute atomic E-state index is 0.353. The first-order valence-corrected chi connectivity index (χ1v) is 10.4. The molecule has 144 valence electrons. The number of nitrogens with zero attached hydrogens (tertiary/aromatic N) is 1. The first-order chi connectivity index (χ1) is 13.3. The SMILES string of the molecule is COc1ccc2c(c1)SC(c1ccccc1OC)CCN2CC1CCNN1. The van der Waals surface area contributed by atoms with Gasteiger partial charge < -0.3 is 14.4 Å². The van der Waals surface area contributed by atoms with Gasteiger partial charge in [-0.15, -0.1) is 11.8 Å². The second-order valence-electron chi connectivity index (χ2n) is 6.97. The topological polar surface area (TPSA) is 45.8 Å². The highest BCUT2D eigenvalue weighted by Gasteiger charge is 2.27. The molecule has 0 spiro atoms. The van der Waals surface area contributed by atoms with E-state index >= 15 is 0 Å². The van der Waals surface area contributed by atoms with Gasteiger partial charge in [-0.05, 0) is 37.1 Å². The van der Waals surface area contributed by atoms with Crippen molar-refractivity contribution >= 4 is 17.4 Å². The van der Waals surface area contributed by atoms with Gasteiger partial charge in [0.1, 0.15) is 11.5 Å². The third-order valence-corrected chi connectivity index (χ3v) is 6.64. The van der Waals surface area contributed by atoms with Gasteiger partial charge in [0.25, 0.3) is 0 Å². The van der Waals surface area contributed by atoms with Crippen molar-refractivity contribution in [2.24, 2.45) is 0 Å². The Kier molecular flexibility index (Phi) is 5.76. The molecule has 0 radical (unpaired) electrons. The van der Waals surface area contributed by atoms with Gasteiger partial charge in [-0.2, -0.15) is 0 Å². The highest BCUT2D eigenvalue weighted by molar-refractivity contribution is 7.99. The Labute approximate surface area is 165 Å². The minimum Gasteiger partial charge on any atom is -0.497 e. The Hall–Kier alpha value is -1.89. The van der Waals surface area contributed by atoms with Crippen molar-refractivity contribution in [3.8, 4) is 11.5 Å². The highest BCUT2D eigenvalue weighted by atomic mass is 32.2. The van der Waals surface area contributed by atoms with Gasteiger partial charge in [0.15, 0.2) is 0 Å². The molecule has 27 heavy (non-hydrogen) atoms. The van der Waals surface area contributed by atoms with Crippen LogP contribution in [0, 0.1) is 0 Å². The van der Waals surface area contributed by atoms with E-state index in [4.69, 9.17) is 9.47 Å². The Bertz CT molecular complexity index is 780. The zero-order chi connectivity index (χ0) is 18.6. The number of nitrogens with one attached hydrogen (secondary N) is 2.